The van der Waals surface area contributed by atoms with Gasteiger partial charge < -0.3 is 9.94 Å². The molecule has 0 amide bonds. The van der Waals surface area contributed by atoms with Gasteiger partial charge in [0, 0.05) is 18.0 Å². The van der Waals surface area contributed by atoms with Crippen LogP contribution in [0.4, 0.5) is 0 Å². The van der Waals surface area contributed by atoms with Crippen LogP contribution in [-0.2, 0) is 6.61 Å². The third-order valence-corrected chi connectivity index (χ3v) is 2.55. The fourth-order valence-electron chi connectivity index (χ4n) is 1.50. The largest absolute Gasteiger partial charge is 0.489 e. The number of aromatic nitrogens is 1. The molecule has 2 rings (SSSR count). The summed E-state index contributed by atoms with van der Waals surface area (Å²) >= 11 is 0. The zero-order valence-electron chi connectivity index (χ0n) is 10.1. The summed E-state index contributed by atoms with van der Waals surface area (Å²) in [5, 5.41) is 11.8. The molecular weight excluding hydrogens is 228 g/mol. The van der Waals surface area contributed by atoms with Crippen LogP contribution in [0.15, 0.2) is 53.9 Å². The van der Waals surface area contributed by atoms with E-state index in [1.165, 1.54) is 0 Å². The van der Waals surface area contributed by atoms with Crippen molar-refractivity contribution in [1.29, 1.82) is 0 Å². The van der Waals surface area contributed by atoms with Crippen LogP contribution < -0.4 is 4.74 Å². The third kappa shape index (κ3) is 3.07. The molecule has 0 bridgehead atoms. The van der Waals surface area contributed by atoms with Gasteiger partial charge in [-0.15, -0.1) is 0 Å². The minimum absolute atomic E-state index is 0.486. The molecule has 0 atom stereocenters. The molecule has 1 aromatic heterocycles. The van der Waals surface area contributed by atoms with Crippen LogP contribution in [0, 0.1) is 0 Å². The standard InChI is InChI=1S/C14H14N2O2/c1-11(16-17)13-4-6-14(7-5-13)18-10-12-3-2-8-15-9-12/h2-9,17H,10H2,1H3/b16-11+. The van der Waals surface area contributed by atoms with Crippen molar-refractivity contribution in [2.24, 2.45) is 5.16 Å². The second-order valence-electron chi connectivity index (χ2n) is 3.86. The molecule has 1 N–H and O–H groups in total. The smallest absolute Gasteiger partial charge is 0.119 e. The van der Waals surface area contributed by atoms with Crippen LogP contribution in [-0.4, -0.2) is 15.9 Å². The van der Waals surface area contributed by atoms with Crippen molar-refractivity contribution >= 4 is 5.71 Å². The predicted molar refractivity (Wildman–Crippen MR) is 69.0 cm³/mol. The molecule has 92 valence electrons. The normalized spacial score (nSPS) is 11.3. The molecule has 1 aromatic carbocycles. The van der Waals surface area contributed by atoms with E-state index in [2.05, 4.69) is 10.1 Å². The lowest BCUT2D eigenvalue weighted by molar-refractivity contribution is 0.305. The van der Waals surface area contributed by atoms with E-state index in [9.17, 15) is 0 Å². The number of benzene rings is 1. The number of nitrogens with zero attached hydrogens (tertiary/aromatic N) is 2. The van der Waals surface area contributed by atoms with Crippen molar-refractivity contribution in [1.82, 2.24) is 4.98 Å². The summed E-state index contributed by atoms with van der Waals surface area (Å²) in [4.78, 5) is 4.02. The summed E-state index contributed by atoms with van der Waals surface area (Å²) in [6.07, 6.45) is 3.51. The Kier molecular flexibility index (Phi) is 3.91. The zero-order chi connectivity index (χ0) is 12.8. The highest BCUT2D eigenvalue weighted by molar-refractivity contribution is 5.98. The van der Waals surface area contributed by atoms with Gasteiger partial charge in [0.1, 0.15) is 12.4 Å². The summed E-state index contributed by atoms with van der Waals surface area (Å²) in [6.45, 7) is 2.23. The van der Waals surface area contributed by atoms with Gasteiger partial charge in [0.2, 0.25) is 0 Å². The van der Waals surface area contributed by atoms with Gasteiger partial charge in [-0.1, -0.05) is 11.2 Å². The van der Waals surface area contributed by atoms with Crippen LogP contribution in [0.3, 0.4) is 0 Å². The van der Waals surface area contributed by atoms with Gasteiger partial charge in [-0.3, -0.25) is 4.98 Å². The van der Waals surface area contributed by atoms with Crippen molar-refractivity contribution in [2.45, 2.75) is 13.5 Å². The highest BCUT2D eigenvalue weighted by atomic mass is 16.5. The monoisotopic (exact) mass is 242 g/mol. The minimum atomic E-state index is 0.486. The van der Waals surface area contributed by atoms with Crippen LogP contribution in [0.1, 0.15) is 18.1 Å². The highest BCUT2D eigenvalue weighted by Gasteiger charge is 1.99. The summed E-state index contributed by atoms with van der Waals surface area (Å²) in [5.41, 5.74) is 2.47. The van der Waals surface area contributed by atoms with Gasteiger partial charge in [-0.2, -0.15) is 0 Å². The lowest BCUT2D eigenvalue weighted by Gasteiger charge is -2.06. The van der Waals surface area contributed by atoms with E-state index in [-0.39, 0.29) is 0 Å². The lowest BCUT2D eigenvalue weighted by Crippen LogP contribution is -1.97. The van der Waals surface area contributed by atoms with Crippen LogP contribution >= 0.6 is 0 Å². The van der Waals surface area contributed by atoms with Crippen LogP contribution in [0.2, 0.25) is 0 Å². The minimum Gasteiger partial charge on any atom is -0.489 e. The van der Waals surface area contributed by atoms with Gasteiger partial charge in [0.15, 0.2) is 0 Å². The molecule has 2 aromatic rings. The van der Waals surface area contributed by atoms with Crippen molar-refractivity contribution in [3.8, 4) is 5.75 Å². The fourth-order valence-corrected chi connectivity index (χ4v) is 1.50. The van der Waals surface area contributed by atoms with Crippen LogP contribution in [0.5, 0.6) is 5.75 Å². The van der Waals surface area contributed by atoms with E-state index >= 15 is 0 Å². The molecule has 1 heterocycles. The molecule has 0 saturated carbocycles. The molecular formula is C14H14N2O2. The first-order valence-corrected chi connectivity index (χ1v) is 5.60. The number of hydrogen-bond donors (Lipinski definition) is 1. The van der Waals surface area contributed by atoms with Gasteiger partial charge in [0.25, 0.3) is 0 Å². The average molecular weight is 242 g/mol. The SMILES string of the molecule is C/C(=N\O)c1ccc(OCc2cccnc2)cc1. The predicted octanol–water partition coefficient (Wildman–Crippen LogP) is 2.86. The molecule has 0 spiro atoms. The van der Waals surface area contributed by atoms with Crippen LogP contribution in [0.25, 0.3) is 0 Å². The number of pyridine rings is 1. The van der Waals surface area contributed by atoms with Gasteiger partial charge in [-0.05, 0) is 42.8 Å². The first kappa shape index (κ1) is 12.1. The van der Waals surface area contributed by atoms with Gasteiger partial charge in [0.05, 0.1) is 5.71 Å². The molecule has 0 saturated heterocycles. The number of rotatable bonds is 4. The number of ether oxygens (including phenoxy) is 1. The molecule has 0 aliphatic rings. The second kappa shape index (κ2) is 5.82. The summed E-state index contributed by atoms with van der Waals surface area (Å²) in [5.74, 6) is 0.772. The molecule has 0 aliphatic carbocycles. The van der Waals surface area contributed by atoms with Crippen molar-refractivity contribution < 1.29 is 9.94 Å². The molecule has 0 aliphatic heterocycles. The Hall–Kier alpha value is -2.36. The fraction of sp³-hybridized carbons (Fsp3) is 0.143. The molecule has 18 heavy (non-hydrogen) atoms. The summed E-state index contributed by atoms with van der Waals surface area (Å²) < 4.78 is 5.62. The maximum atomic E-state index is 8.66. The average Bonchev–Trinajstić information content (AvgIpc) is 2.46. The van der Waals surface area contributed by atoms with Gasteiger partial charge >= 0.3 is 0 Å². The molecule has 4 heteroatoms. The first-order chi connectivity index (χ1) is 8.79. The molecule has 0 fully saturated rings. The lowest BCUT2D eigenvalue weighted by atomic mass is 10.1. The molecule has 4 nitrogen and oxygen atoms in total. The Bertz CT molecular complexity index is 521. The van der Waals surface area contributed by atoms with E-state index in [1.54, 1.807) is 19.3 Å². The quantitative estimate of drug-likeness (QED) is 0.509. The van der Waals surface area contributed by atoms with E-state index < -0.39 is 0 Å². The Morgan fingerprint density at radius 1 is 1.28 bits per heavy atom. The van der Waals surface area contributed by atoms with Crippen molar-refractivity contribution in [3.05, 3.63) is 59.9 Å². The Labute approximate surface area is 106 Å². The topological polar surface area (TPSA) is 54.7 Å². The second-order valence-corrected chi connectivity index (χ2v) is 3.86. The summed E-state index contributed by atoms with van der Waals surface area (Å²) in [6, 6.07) is 11.2. The van der Waals surface area contributed by atoms with E-state index in [4.69, 9.17) is 9.94 Å². The zero-order valence-corrected chi connectivity index (χ0v) is 10.1. The van der Waals surface area contributed by atoms with Crippen molar-refractivity contribution in [2.75, 3.05) is 0 Å². The molecule has 0 radical (unpaired) electrons. The maximum Gasteiger partial charge on any atom is 0.119 e. The third-order valence-electron chi connectivity index (χ3n) is 2.55. The van der Waals surface area contributed by atoms with E-state index in [0.717, 1.165) is 16.9 Å². The molecule has 0 unspecified atom stereocenters. The van der Waals surface area contributed by atoms with Gasteiger partial charge in [-0.25, -0.2) is 0 Å². The Morgan fingerprint density at radius 3 is 2.67 bits per heavy atom. The van der Waals surface area contributed by atoms with E-state index in [0.29, 0.717) is 12.3 Å². The summed E-state index contributed by atoms with van der Waals surface area (Å²) in [7, 11) is 0. The van der Waals surface area contributed by atoms with Crippen molar-refractivity contribution in [3.63, 3.8) is 0 Å². The highest BCUT2D eigenvalue weighted by Crippen LogP contribution is 2.14. The number of oxime groups is 1. The Balaban J connectivity index is 1.99. The number of hydrogen-bond acceptors (Lipinski definition) is 4. The maximum absolute atomic E-state index is 8.66. The Morgan fingerprint density at radius 2 is 2.06 bits per heavy atom. The first-order valence-electron chi connectivity index (χ1n) is 5.60. The van der Waals surface area contributed by atoms with E-state index in [1.807, 2.05) is 36.4 Å².